The second-order valence-electron chi connectivity index (χ2n) is 4.57. The Balaban J connectivity index is 0.00000441. The van der Waals surface area contributed by atoms with Crippen LogP contribution in [0.3, 0.4) is 0 Å². The predicted molar refractivity (Wildman–Crippen MR) is 85.7 cm³/mol. The molecule has 0 aromatic heterocycles. The van der Waals surface area contributed by atoms with Gasteiger partial charge in [0.15, 0.2) is 0 Å². The summed E-state index contributed by atoms with van der Waals surface area (Å²) in [5.41, 5.74) is 1.35. The van der Waals surface area contributed by atoms with Crippen molar-refractivity contribution in [3.8, 4) is 0 Å². The van der Waals surface area contributed by atoms with E-state index in [-0.39, 0.29) is 48.6 Å². The van der Waals surface area contributed by atoms with E-state index in [2.05, 4.69) is 10.6 Å². The third kappa shape index (κ3) is 8.19. The molecule has 0 bridgehead atoms. The molecule has 0 heterocycles. The molecule has 0 unspecified atom stereocenters. The minimum absolute atomic E-state index is 0. The Hall–Kier alpha value is -1.34. The van der Waals surface area contributed by atoms with Gasteiger partial charge in [0.05, 0.1) is 6.61 Å². The molecular weight excluding hydrogens is 295 g/mol. The Morgan fingerprint density at radius 2 is 1.91 bits per heavy atom. The first kappa shape index (κ1) is 20.7. The molecule has 22 heavy (non-hydrogen) atoms. The molecule has 0 fully saturated rings. The molecule has 7 heteroatoms. The van der Waals surface area contributed by atoms with Crippen molar-refractivity contribution in [1.29, 1.82) is 0 Å². The van der Waals surface area contributed by atoms with Crippen LogP contribution in [0, 0.1) is 0 Å². The Labute approximate surface area is 151 Å². The van der Waals surface area contributed by atoms with E-state index in [0.29, 0.717) is 12.1 Å². The summed E-state index contributed by atoms with van der Waals surface area (Å²) in [6.45, 7) is 1.65. The summed E-state index contributed by atoms with van der Waals surface area (Å²) in [7, 11) is 0. The standard InChI is InChI=1S/C15H20N2O4.Na.H/c1-11(9-14(19)16-7-8-18)17-13(15(20)21)10-12-5-3-2-4-6-12;;/h2-6,9,13,17-18H,7-8,10H2,1H3,(H,16,19)(H,20,21);;/b11-9+;;/t13-;;/m0../s1. The van der Waals surface area contributed by atoms with Crippen LogP contribution in [0.15, 0.2) is 42.1 Å². The van der Waals surface area contributed by atoms with Crippen molar-refractivity contribution < 1.29 is 19.8 Å². The minimum atomic E-state index is -0.984. The molecule has 1 atom stereocenters. The van der Waals surface area contributed by atoms with E-state index >= 15 is 0 Å². The van der Waals surface area contributed by atoms with Crippen molar-refractivity contribution in [2.45, 2.75) is 19.4 Å². The molecule has 4 N–H and O–H groups in total. The topological polar surface area (TPSA) is 98.7 Å². The summed E-state index contributed by atoms with van der Waals surface area (Å²) >= 11 is 0. The van der Waals surface area contributed by atoms with E-state index in [4.69, 9.17) is 5.11 Å². The van der Waals surface area contributed by atoms with Crippen LogP contribution in [0.25, 0.3) is 0 Å². The summed E-state index contributed by atoms with van der Waals surface area (Å²) in [5.74, 6) is -1.36. The van der Waals surface area contributed by atoms with Gasteiger partial charge in [-0.25, -0.2) is 4.79 Å². The number of amides is 1. The fourth-order valence-corrected chi connectivity index (χ4v) is 1.79. The van der Waals surface area contributed by atoms with Crippen LogP contribution in [0.4, 0.5) is 0 Å². The van der Waals surface area contributed by atoms with Gasteiger partial charge in [-0.1, -0.05) is 30.3 Å². The van der Waals surface area contributed by atoms with Crippen LogP contribution in [0.1, 0.15) is 12.5 Å². The molecule has 116 valence electrons. The average molecular weight is 316 g/mol. The van der Waals surface area contributed by atoms with Gasteiger partial charge in [-0.3, -0.25) is 4.79 Å². The van der Waals surface area contributed by atoms with Gasteiger partial charge in [0.2, 0.25) is 5.91 Å². The van der Waals surface area contributed by atoms with Crippen LogP contribution in [0.2, 0.25) is 0 Å². The molecule has 0 aliphatic carbocycles. The van der Waals surface area contributed by atoms with E-state index in [0.717, 1.165) is 5.56 Å². The van der Waals surface area contributed by atoms with Crippen molar-refractivity contribution in [3.05, 3.63) is 47.7 Å². The van der Waals surface area contributed by atoms with Crippen molar-refractivity contribution in [2.75, 3.05) is 13.2 Å². The van der Waals surface area contributed by atoms with Crippen molar-refractivity contribution >= 4 is 41.4 Å². The molecular formula is C15H21N2NaO4. The zero-order chi connectivity index (χ0) is 15.7. The first-order chi connectivity index (χ1) is 10.0. The van der Waals surface area contributed by atoms with Gasteiger partial charge in [-0.05, 0) is 12.5 Å². The van der Waals surface area contributed by atoms with Gasteiger partial charge in [-0.2, -0.15) is 0 Å². The first-order valence-electron chi connectivity index (χ1n) is 6.63. The number of rotatable bonds is 8. The number of carboxylic acids is 1. The number of carboxylic acid groups (broad SMARTS) is 1. The number of nitrogens with one attached hydrogen (secondary N) is 2. The Bertz CT molecular complexity index is 506. The summed E-state index contributed by atoms with van der Waals surface area (Å²) in [4.78, 5) is 22.7. The van der Waals surface area contributed by atoms with Crippen molar-refractivity contribution in [2.24, 2.45) is 0 Å². The molecule has 0 spiro atoms. The second-order valence-corrected chi connectivity index (χ2v) is 4.57. The maximum atomic E-state index is 11.4. The van der Waals surface area contributed by atoms with Gasteiger partial charge >= 0.3 is 35.5 Å². The number of hydrogen-bond acceptors (Lipinski definition) is 4. The predicted octanol–water partition coefficient (Wildman–Crippen LogP) is -0.364. The van der Waals surface area contributed by atoms with Gasteiger partial charge in [0.1, 0.15) is 6.04 Å². The molecule has 1 amide bonds. The van der Waals surface area contributed by atoms with E-state index < -0.39 is 12.0 Å². The number of allylic oxidation sites excluding steroid dienone is 1. The zero-order valence-electron chi connectivity index (χ0n) is 11.9. The number of aliphatic hydroxyl groups is 1. The van der Waals surface area contributed by atoms with E-state index in [1.54, 1.807) is 6.92 Å². The summed E-state index contributed by atoms with van der Waals surface area (Å²) in [6.07, 6.45) is 1.59. The van der Waals surface area contributed by atoms with E-state index in [1.165, 1.54) is 6.08 Å². The second kappa shape index (κ2) is 11.3. The first-order valence-corrected chi connectivity index (χ1v) is 6.63. The molecule has 0 radical (unpaired) electrons. The molecule has 0 saturated heterocycles. The van der Waals surface area contributed by atoms with Crippen LogP contribution in [-0.4, -0.2) is 70.8 Å². The number of carbonyl (C=O) groups excluding carboxylic acids is 1. The van der Waals surface area contributed by atoms with Gasteiger partial charge in [0.25, 0.3) is 0 Å². The monoisotopic (exact) mass is 316 g/mol. The Morgan fingerprint density at radius 3 is 2.45 bits per heavy atom. The SMILES string of the molecule is C/C(=C\C(=O)NCCO)N[C@@H](Cc1ccccc1)C(=O)O.[NaH]. The molecule has 1 aromatic rings. The number of aliphatic carboxylic acids is 1. The van der Waals surface area contributed by atoms with Crippen LogP contribution >= 0.6 is 0 Å². The Morgan fingerprint density at radius 1 is 1.27 bits per heavy atom. The molecule has 1 aromatic carbocycles. The fourth-order valence-electron chi connectivity index (χ4n) is 1.79. The average Bonchev–Trinajstić information content (AvgIpc) is 2.45. The normalized spacial score (nSPS) is 12.0. The molecule has 0 aliphatic heterocycles. The number of hydrogen-bond donors (Lipinski definition) is 4. The van der Waals surface area contributed by atoms with Crippen LogP contribution in [-0.2, 0) is 16.0 Å². The van der Waals surface area contributed by atoms with Gasteiger partial charge in [0, 0.05) is 24.7 Å². The molecule has 6 nitrogen and oxygen atoms in total. The van der Waals surface area contributed by atoms with Gasteiger partial charge < -0.3 is 20.8 Å². The zero-order valence-corrected chi connectivity index (χ0v) is 11.9. The fraction of sp³-hybridized carbons (Fsp3) is 0.333. The number of aliphatic hydroxyl groups excluding tert-OH is 1. The summed E-state index contributed by atoms with van der Waals surface area (Å²) < 4.78 is 0. The molecule has 0 saturated carbocycles. The third-order valence-corrected chi connectivity index (χ3v) is 2.74. The van der Waals surface area contributed by atoms with Crippen LogP contribution in [0.5, 0.6) is 0 Å². The van der Waals surface area contributed by atoms with E-state index in [9.17, 15) is 14.7 Å². The number of carbonyl (C=O) groups is 2. The van der Waals surface area contributed by atoms with E-state index in [1.807, 2.05) is 30.3 Å². The summed E-state index contributed by atoms with van der Waals surface area (Å²) in [6, 6.07) is 8.45. The summed E-state index contributed by atoms with van der Waals surface area (Å²) in [5, 5.41) is 23.1. The van der Waals surface area contributed by atoms with Gasteiger partial charge in [-0.15, -0.1) is 0 Å². The molecule has 0 aliphatic rings. The van der Waals surface area contributed by atoms with Crippen LogP contribution < -0.4 is 10.6 Å². The molecule has 1 rings (SSSR count). The van der Waals surface area contributed by atoms with Crippen molar-refractivity contribution in [1.82, 2.24) is 10.6 Å². The maximum absolute atomic E-state index is 11.4. The number of benzene rings is 1. The van der Waals surface area contributed by atoms with Crippen molar-refractivity contribution in [3.63, 3.8) is 0 Å². The Kier molecular flexibility index (Phi) is 10.6. The third-order valence-electron chi connectivity index (χ3n) is 2.74. The quantitative estimate of drug-likeness (QED) is 0.388.